The maximum Gasteiger partial charge on any atom is 0.186 e. The molecule has 1 unspecified atom stereocenters. The summed E-state index contributed by atoms with van der Waals surface area (Å²) in [5.74, 6) is 0. The van der Waals surface area contributed by atoms with Crippen LogP contribution < -0.4 is 0 Å². The molecule has 1 atom stereocenters. The molecule has 3 heteroatoms. The van der Waals surface area contributed by atoms with Crippen LogP contribution in [0.4, 0.5) is 0 Å². The molecule has 1 aliphatic rings. The van der Waals surface area contributed by atoms with Gasteiger partial charge in [0.1, 0.15) is 0 Å². The van der Waals surface area contributed by atoms with Crippen molar-refractivity contribution < 1.29 is 9.16 Å². The highest BCUT2D eigenvalue weighted by atomic mass is 28.4. The fourth-order valence-electron chi connectivity index (χ4n) is 1.19. The molecule has 0 aromatic heterocycles. The van der Waals surface area contributed by atoms with E-state index in [-0.39, 0.29) is 0 Å². The largest absolute Gasteiger partial charge is 0.417 e. The van der Waals surface area contributed by atoms with Gasteiger partial charge in [0.25, 0.3) is 0 Å². The number of epoxide rings is 1. The molecular formula is C9H20O2Si. The molecule has 0 saturated carbocycles. The summed E-state index contributed by atoms with van der Waals surface area (Å²) in [7, 11) is -1.33. The zero-order valence-electron chi connectivity index (χ0n) is 8.43. The maximum absolute atomic E-state index is 5.84. The lowest BCUT2D eigenvalue weighted by Gasteiger charge is -2.21. The van der Waals surface area contributed by atoms with E-state index in [0.717, 1.165) is 19.6 Å². The Hall–Kier alpha value is 0.137. The van der Waals surface area contributed by atoms with Crippen LogP contribution in [0.1, 0.15) is 19.8 Å². The maximum atomic E-state index is 5.84. The van der Waals surface area contributed by atoms with Gasteiger partial charge < -0.3 is 9.16 Å². The molecule has 1 aliphatic heterocycles. The first-order valence-electron chi connectivity index (χ1n) is 4.89. The predicted molar refractivity (Wildman–Crippen MR) is 52.9 cm³/mol. The summed E-state index contributed by atoms with van der Waals surface area (Å²) in [5, 5.41) is 0. The summed E-state index contributed by atoms with van der Waals surface area (Å²) < 4.78 is 11.0. The van der Waals surface area contributed by atoms with Gasteiger partial charge in [-0.15, -0.1) is 0 Å². The zero-order valence-corrected chi connectivity index (χ0v) is 9.43. The highest BCUT2D eigenvalue weighted by Gasteiger charge is 2.28. The minimum atomic E-state index is -1.33. The first kappa shape index (κ1) is 10.2. The molecule has 0 N–H and O–H groups in total. The molecule has 12 heavy (non-hydrogen) atoms. The van der Waals surface area contributed by atoms with Crippen molar-refractivity contribution in [3.63, 3.8) is 0 Å². The normalized spacial score (nSPS) is 22.8. The molecule has 0 radical (unpaired) electrons. The smallest absolute Gasteiger partial charge is 0.186 e. The first-order chi connectivity index (χ1) is 5.64. The molecule has 1 rings (SSSR count). The molecule has 0 spiro atoms. The van der Waals surface area contributed by atoms with Crippen molar-refractivity contribution in [2.24, 2.45) is 0 Å². The number of rotatable bonds is 6. The SMILES string of the molecule is CCCO[Si](C)(C)CCC1CO1. The number of hydrogen-bond donors (Lipinski definition) is 0. The second kappa shape index (κ2) is 4.39. The van der Waals surface area contributed by atoms with E-state index in [1.807, 2.05) is 0 Å². The number of ether oxygens (including phenoxy) is 1. The van der Waals surface area contributed by atoms with Crippen LogP contribution in [0.2, 0.25) is 19.1 Å². The fraction of sp³-hybridized carbons (Fsp3) is 1.00. The van der Waals surface area contributed by atoms with Crippen molar-refractivity contribution in [3.05, 3.63) is 0 Å². The van der Waals surface area contributed by atoms with Gasteiger partial charge in [0.2, 0.25) is 0 Å². The lowest BCUT2D eigenvalue weighted by atomic mass is 10.4. The standard InChI is InChI=1S/C9H20O2Si/c1-4-6-11-12(2,3)7-5-9-8-10-9/h9H,4-8H2,1-3H3. The van der Waals surface area contributed by atoms with Gasteiger partial charge in [-0.05, 0) is 32.0 Å². The molecule has 0 aromatic carbocycles. The lowest BCUT2D eigenvalue weighted by molar-refractivity contribution is 0.303. The summed E-state index contributed by atoms with van der Waals surface area (Å²) in [6, 6.07) is 1.25. The zero-order chi connectivity index (χ0) is 9.03. The van der Waals surface area contributed by atoms with Gasteiger partial charge in [-0.2, -0.15) is 0 Å². The molecule has 0 amide bonds. The van der Waals surface area contributed by atoms with Crippen LogP contribution in [-0.2, 0) is 9.16 Å². The van der Waals surface area contributed by atoms with Crippen molar-refractivity contribution in [1.82, 2.24) is 0 Å². The predicted octanol–water partition coefficient (Wildman–Crippen LogP) is 2.41. The minimum absolute atomic E-state index is 0.571. The highest BCUT2D eigenvalue weighted by molar-refractivity contribution is 6.71. The van der Waals surface area contributed by atoms with Crippen LogP contribution in [0.3, 0.4) is 0 Å². The van der Waals surface area contributed by atoms with E-state index in [4.69, 9.17) is 9.16 Å². The number of hydrogen-bond acceptors (Lipinski definition) is 2. The van der Waals surface area contributed by atoms with Crippen molar-refractivity contribution >= 4 is 8.32 Å². The molecular weight excluding hydrogens is 168 g/mol. The quantitative estimate of drug-likeness (QED) is 0.471. The average molecular weight is 188 g/mol. The van der Waals surface area contributed by atoms with Crippen LogP contribution in [0.15, 0.2) is 0 Å². The third-order valence-corrected chi connectivity index (χ3v) is 4.65. The second-order valence-electron chi connectivity index (χ2n) is 4.10. The van der Waals surface area contributed by atoms with Gasteiger partial charge in [-0.3, -0.25) is 0 Å². The molecule has 1 heterocycles. The molecule has 2 nitrogen and oxygen atoms in total. The van der Waals surface area contributed by atoms with Crippen molar-refractivity contribution in [2.75, 3.05) is 13.2 Å². The Morgan fingerprint density at radius 2 is 2.17 bits per heavy atom. The summed E-state index contributed by atoms with van der Waals surface area (Å²) in [6.45, 7) is 8.67. The van der Waals surface area contributed by atoms with Crippen LogP contribution in [0.5, 0.6) is 0 Å². The highest BCUT2D eigenvalue weighted by Crippen LogP contribution is 2.22. The van der Waals surface area contributed by atoms with Crippen molar-refractivity contribution in [3.8, 4) is 0 Å². The molecule has 0 aliphatic carbocycles. The van der Waals surface area contributed by atoms with Crippen LogP contribution in [0.25, 0.3) is 0 Å². The van der Waals surface area contributed by atoms with Gasteiger partial charge in [0.05, 0.1) is 12.7 Å². The van der Waals surface area contributed by atoms with Crippen LogP contribution in [0, 0.1) is 0 Å². The third-order valence-electron chi connectivity index (χ3n) is 2.17. The van der Waals surface area contributed by atoms with E-state index < -0.39 is 8.32 Å². The Bertz CT molecular complexity index is 132. The van der Waals surface area contributed by atoms with E-state index >= 15 is 0 Å². The minimum Gasteiger partial charge on any atom is -0.417 e. The van der Waals surface area contributed by atoms with E-state index in [2.05, 4.69) is 20.0 Å². The Balaban J connectivity index is 2.07. The van der Waals surface area contributed by atoms with E-state index in [1.54, 1.807) is 0 Å². The Morgan fingerprint density at radius 1 is 1.50 bits per heavy atom. The average Bonchev–Trinajstić information content (AvgIpc) is 2.81. The topological polar surface area (TPSA) is 21.8 Å². The molecule has 72 valence electrons. The van der Waals surface area contributed by atoms with E-state index in [0.29, 0.717) is 6.10 Å². The van der Waals surface area contributed by atoms with Gasteiger partial charge >= 0.3 is 0 Å². The second-order valence-corrected chi connectivity index (χ2v) is 8.41. The lowest BCUT2D eigenvalue weighted by Crippen LogP contribution is -2.30. The fourth-order valence-corrected chi connectivity index (χ4v) is 3.11. The molecule has 1 saturated heterocycles. The van der Waals surface area contributed by atoms with Gasteiger partial charge in [-0.25, -0.2) is 0 Å². The Kier molecular flexibility index (Phi) is 3.74. The summed E-state index contributed by atoms with van der Waals surface area (Å²) in [6.07, 6.45) is 2.92. The Morgan fingerprint density at radius 3 is 2.67 bits per heavy atom. The van der Waals surface area contributed by atoms with Crippen LogP contribution in [-0.4, -0.2) is 27.6 Å². The van der Waals surface area contributed by atoms with Crippen molar-refractivity contribution in [1.29, 1.82) is 0 Å². The van der Waals surface area contributed by atoms with Crippen LogP contribution >= 0.6 is 0 Å². The third kappa shape index (κ3) is 4.23. The van der Waals surface area contributed by atoms with E-state index in [9.17, 15) is 0 Å². The first-order valence-corrected chi connectivity index (χ1v) is 8.01. The molecule has 0 aromatic rings. The summed E-state index contributed by atoms with van der Waals surface area (Å²) >= 11 is 0. The molecule has 0 bridgehead atoms. The van der Waals surface area contributed by atoms with Gasteiger partial charge in [-0.1, -0.05) is 6.92 Å². The monoisotopic (exact) mass is 188 g/mol. The van der Waals surface area contributed by atoms with Crippen molar-refractivity contribution in [2.45, 2.75) is 45.0 Å². The summed E-state index contributed by atoms with van der Waals surface area (Å²) in [5.41, 5.74) is 0. The Labute approximate surface area is 76.4 Å². The van der Waals surface area contributed by atoms with Gasteiger partial charge in [0, 0.05) is 6.61 Å². The molecule has 1 fully saturated rings. The van der Waals surface area contributed by atoms with Gasteiger partial charge in [0.15, 0.2) is 8.32 Å². The van der Waals surface area contributed by atoms with E-state index in [1.165, 1.54) is 12.5 Å². The summed E-state index contributed by atoms with van der Waals surface area (Å²) in [4.78, 5) is 0.